The van der Waals surface area contributed by atoms with Crippen LogP contribution < -0.4 is 15.5 Å². The van der Waals surface area contributed by atoms with E-state index < -0.39 is 11.9 Å². The van der Waals surface area contributed by atoms with Crippen LogP contribution in [0.2, 0.25) is 5.02 Å². The first-order valence-electron chi connectivity index (χ1n) is 10.6. The summed E-state index contributed by atoms with van der Waals surface area (Å²) in [7, 11) is 0. The molecule has 7 nitrogen and oxygen atoms in total. The molecule has 3 aromatic carbocycles. The second kappa shape index (κ2) is 9.08. The third kappa shape index (κ3) is 4.51. The van der Waals surface area contributed by atoms with Gasteiger partial charge in [0, 0.05) is 33.4 Å². The molecular weight excluding hydrogens is 471 g/mol. The van der Waals surface area contributed by atoms with Crippen molar-refractivity contribution in [2.75, 3.05) is 10.2 Å². The molecule has 0 unspecified atom stereocenters. The van der Waals surface area contributed by atoms with Crippen molar-refractivity contribution in [3.8, 4) is 0 Å². The van der Waals surface area contributed by atoms with Crippen molar-refractivity contribution in [1.82, 2.24) is 9.88 Å². The van der Waals surface area contributed by atoms with Crippen LogP contribution in [0.5, 0.6) is 0 Å². The molecule has 0 saturated carbocycles. The summed E-state index contributed by atoms with van der Waals surface area (Å²) < 4.78 is 14.9. The fraction of sp³-hybridized carbons (Fsp3) is 0.0385. The van der Waals surface area contributed by atoms with E-state index >= 15 is 0 Å². The largest absolute Gasteiger partial charge is 0.337 e. The molecule has 0 bridgehead atoms. The number of para-hydroxylation sites is 1. The number of nitrogens with zero attached hydrogens (tertiary/aromatic N) is 2. The van der Waals surface area contributed by atoms with Crippen LogP contribution in [0, 0.1) is 5.82 Å². The van der Waals surface area contributed by atoms with Gasteiger partial charge in [-0.2, -0.15) is 0 Å². The van der Waals surface area contributed by atoms with E-state index in [0.29, 0.717) is 22.0 Å². The second-order valence-electron chi connectivity index (χ2n) is 7.89. The molecule has 1 aliphatic heterocycles. The van der Waals surface area contributed by atoms with Crippen molar-refractivity contribution in [3.63, 3.8) is 0 Å². The number of urea groups is 1. The van der Waals surface area contributed by atoms with Gasteiger partial charge < -0.3 is 15.2 Å². The van der Waals surface area contributed by atoms with Gasteiger partial charge in [-0.15, -0.1) is 0 Å². The Morgan fingerprint density at radius 3 is 2.46 bits per heavy atom. The molecule has 1 aromatic heterocycles. The first kappa shape index (κ1) is 22.4. The molecule has 2 heterocycles. The molecule has 2 N–H and O–H groups in total. The van der Waals surface area contributed by atoms with E-state index in [1.807, 2.05) is 24.3 Å². The van der Waals surface area contributed by atoms with E-state index in [9.17, 15) is 18.8 Å². The zero-order chi connectivity index (χ0) is 24.5. The minimum absolute atomic E-state index is 0.00172. The van der Waals surface area contributed by atoms with Crippen molar-refractivity contribution in [2.45, 2.75) is 6.54 Å². The minimum atomic E-state index is -0.564. The third-order valence-corrected chi connectivity index (χ3v) is 5.78. The van der Waals surface area contributed by atoms with Crippen molar-refractivity contribution in [3.05, 3.63) is 101 Å². The molecule has 4 aromatic rings. The molecule has 9 heteroatoms. The van der Waals surface area contributed by atoms with Crippen LogP contribution in [0.25, 0.3) is 17.0 Å². The smallest absolute Gasteiger partial charge is 0.333 e. The third-order valence-electron chi connectivity index (χ3n) is 5.52. The number of carbonyl (C=O) groups excluding carboxylic acids is 3. The average Bonchev–Trinajstić information content (AvgIpc) is 3.32. The number of nitrogens with one attached hydrogen (secondary N) is 2. The number of fused-ring (bicyclic) bond motifs is 1. The molecule has 5 rings (SSSR count). The number of hydrogen-bond acceptors (Lipinski definition) is 3. The molecule has 0 atom stereocenters. The average molecular weight is 489 g/mol. The van der Waals surface area contributed by atoms with Gasteiger partial charge in [0.15, 0.2) is 0 Å². The zero-order valence-corrected chi connectivity index (χ0v) is 18.9. The van der Waals surface area contributed by atoms with Crippen molar-refractivity contribution < 1.29 is 18.8 Å². The molecule has 1 saturated heterocycles. The Kier molecular flexibility index (Phi) is 5.80. The maximum atomic E-state index is 13.1. The summed E-state index contributed by atoms with van der Waals surface area (Å²) in [4.78, 5) is 39.2. The molecule has 0 spiro atoms. The normalized spacial score (nSPS) is 14.6. The Balaban J connectivity index is 1.42. The number of hydrogen-bond donors (Lipinski definition) is 2. The Labute approximate surface area is 204 Å². The Hall–Kier alpha value is -4.43. The zero-order valence-electron chi connectivity index (χ0n) is 18.2. The number of amides is 4. The molecule has 0 aliphatic carbocycles. The van der Waals surface area contributed by atoms with E-state index in [1.165, 1.54) is 24.3 Å². The molecule has 0 radical (unpaired) electrons. The lowest BCUT2D eigenvalue weighted by molar-refractivity contribution is -0.116. The number of halogens is 2. The summed E-state index contributed by atoms with van der Waals surface area (Å²) in [5.41, 5.74) is 2.44. The summed E-state index contributed by atoms with van der Waals surface area (Å²) in [6.07, 6.45) is 3.33. The van der Waals surface area contributed by atoms with Gasteiger partial charge in [0.1, 0.15) is 18.1 Å². The van der Waals surface area contributed by atoms with Crippen molar-refractivity contribution in [2.24, 2.45) is 0 Å². The highest BCUT2D eigenvalue weighted by Gasteiger charge is 2.35. The van der Waals surface area contributed by atoms with Gasteiger partial charge in [0.05, 0.1) is 5.69 Å². The lowest BCUT2D eigenvalue weighted by Gasteiger charge is -2.11. The van der Waals surface area contributed by atoms with E-state index in [4.69, 9.17) is 11.6 Å². The number of benzene rings is 3. The molecule has 1 aliphatic rings. The van der Waals surface area contributed by atoms with Gasteiger partial charge in [0.25, 0.3) is 5.91 Å². The SMILES string of the molecule is O=C(Cn1cc(/C=C2/NC(=O)N(c3ccc(Cl)cc3)C2=O)c2ccccc21)Nc1ccc(F)cc1. The summed E-state index contributed by atoms with van der Waals surface area (Å²) in [5.74, 6) is -1.18. The Morgan fingerprint density at radius 2 is 1.71 bits per heavy atom. The van der Waals surface area contributed by atoms with Crippen LogP contribution in [0.1, 0.15) is 5.56 Å². The van der Waals surface area contributed by atoms with E-state index in [-0.39, 0.29) is 24.0 Å². The van der Waals surface area contributed by atoms with E-state index in [1.54, 1.807) is 41.1 Å². The monoisotopic (exact) mass is 488 g/mol. The number of aromatic nitrogens is 1. The van der Waals surface area contributed by atoms with Crippen molar-refractivity contribution in [1.29, 1.82) is 0 Å². The van der Waals surface area contributed by atoms with Crippen LogP contribution in [-0.4, -0.2) is 22.4 Å². The minimum Gasteiger partial charge on any atom is -0.337 e. The molecule has 35 heavy (non-hydrogen) atoms. The van der Waals surface area contributed by atoms with Crippen LogP contribution in [0.15, 0.2) is 84.7 Å². The van der Waals surface area contributed by atoms with E-state index in [0.717, 1.165) is 15.8 Å². The summed E-state index contributed by atoms with van der Waals surface area (Å²) in [6.45, 7) is -0.00172. The standard InChI is InChI=1S/C26H18ClFN4O3/c27-17-5-11-20(12-6-17)32-25(34)22(30-26(32)35)13-16-14-31(23-4-2-1-3-21(16)23)15-24(33)29-19-9-7-18(28)8-10-19/h1-14H,15H2,(H,29,33)(H,30,35)/b22-13+. The van der Waals surface area contributed by atoms with Crippen LogP contribution in [-0.2, 0) is 16.1 Å². The highest BCUT2D eigenvalue weighted by atomic mass is 35.5. The molecule has 4 amide bonds. The lowest BCUT2D eigenvalue weighted by Crippen LogP contribution is -2.30. The Bertz CT molecular complexity index is 1490. The lowest BCUT2D eigenvalue weighted by atomic mass is 10.1. The Morgan fingerprint density at radius 1 is 1.00 bits per heavy atom. The summed E-state index contributed by atoms with van der Waals surface area (Å²) in [6, 6.07) is 18.8. The van der Waals surface area contributed by atoms with Gasteiger partial charge in [-0.05, 0) is 60.7 Å². The van der Waals surface area contributed by atoms with Gasteiger partial charge in [-0.25, -0.2) is 14.1 Å². The van der Waals surface area contributed by atoms with E-state index in [2.05, 4.69) is 10.6 Å². The topological polar surface area (TPSA) is 83.4 Å². The summed E-state index contributed by atoms with van der Waals surface area (Å²) in [5, 5.41) is 6.65. The number of carbonyl (C=O) groups is 3. The first-order chi connectivity index (χ1) is 16.9. The quantitative estimate of drug-likeness (QED) is 0.300. The van der Waals surface area contributed by atoms with Gasteiger partial charge >= 0.3 is 6.03 Å². The molecule has 1 fully saturated rings. The van der Waals surface area contributed by atoms with Gasteiger partial charge in [0.2, 0.25) is 5.91 Å². The van der Waals surface area contributed by atoms with Crippen molar-refractivity contribution >= 4 is 57.8 Å². The maximum absolute atomic E-state index is 13.1. The maximum Gasteiger partial charge on any atom is 0.333 e. The fourth-order valence-electron chi connectivity index (χ4n) is 3.92. The number of rotatable bonds is 5. The highest BCUT2D eigenvalue weighted by Crippen LogP contribution is 2.27. The first-order valence-corrected chi connectivity index (χ1v) is 11.0. The fourth-order valence-corrected chi connectivity index (χ4v) is 4.05. The second-order valence-corrected chi connectivity index (χ2v) is 8.33. The summed E-state index contributed by atoms with van der Waals surface area (Å²) >= 11 is 5.91. The van der Waals surface area contributed by atoms with Gasteiger partial charge in [-0.3, -0.25) is 9.59 Å². The molecular formula is C26H18ClFN4O3. The van der Waals surface area contributed by atoms with Crippen LogP contribution >= 0.6 is 11.6 Å². The number of anilines is 2. The predicted molar refractivity (Wildman–Crippen MR) is 132 cm³/mol. The van der Waals surface area contributed by atoms with Gasteiger partial charge in [-0.1, -0.05) is 29.8 Å². The van der Waals surface area contributed by atoms with Crippen LogP contribution in [0.3, 0.4) is 0 Å². The molecule has 174 valence electrons. The number of imide groups is 1. The highest BCUT2D eigenvalue weighted by molar-refractivity contribution is 6.31. The predicted octanol–water partition coefficient (Wildman–Crippen LogP) is 5.17. The van der Waals surface area contributed by atoms with Crippen LogP contribution in [0.4, 0.5) is 20.6 Å².